The number of para-hydroxylation sites is 1. The van der Waals surface area contributed by atoms with Gasteiger partial charge in [0.15, 0.2) is 0 Å². The lowest BCUT2D eigenvalue weighted by Crippen LogP contribution is -2.16. The van der Waals surface area contributed by atoms with Crippen molar-refractivity contribution < 1.29 is 0 Å². The quantitative estimate of drug-likeness (QED) is 0.765. The third-order valence-corrected chi connectivity index (χ3v) is 3.60. The molecular weight excluding hydrogens is 220 g/mol. The summed E-state index contributed by atoms with van der Waals surface area (Å²) in [6.07, 6.45) is 7.88. The van der Waals surface area contributed by atoms with Crippen LogP contribution in [0.1, 0.15) is 24.8 Å². The third-order valence-electron chi connectivity index (χ3n) is 3.60. The molecule has 0 radical (unpaired) electrons. The Morgan fingerprint density at radius 1 is 1.33 bits per heavy atom. The number of nitrogens with zero attached hydrogens (tertiary/aromatic N) is 1. The predicted octanol–water partition coefficient (Wildman–Crippen LogP) is 3.47. The summed E-state index contributed by atoms with van der Waals surface area (Å²) in [5.74, 6) is 0. The molecule has 18 heavy (non-hydrogen) atoms. The molecule has 0 saturated heterocycles. The van der Waals surface area contributed by atoms with Crippen LogP contribution in [0.15, 0.2) is 43.1 Å². The molecule has 0 aliphatic heterocycles. The van der Waals surface area contributed by atoms with Gasteiger partial charge >= 0.3 is 0 Å². The number of nitrogens with one attached hydrogen (secondary N) is 1. The van der Waals surface area contributed by atoms with Gasteiger partial charge in [0.25, 0.3) is 0 Å². The van der Waals surface area contributed by atoms with E-state index in [1.165, 1.54) is 29.3 Å². The Balaban J connectivity index is 1.89. The molecule has 94 valence electrons. The summed E-state index contributed by atoms with van der Waals surface area (Å²) >= 11 is 0. The molecule has 0 bridgehead atoms. The summed E-state index contributed by atoms with van der Waals surface area (Å²) in [6.45, 7) is 5.81. The second kappa shape index (κ2) is 4.99. The minimum atomic E-state index is 0.761. The Bertz CT molecular complexity index is 549. The molecule has 0 atom stereocenters. The van der Waals surface area contributed by atoms with E-state index in [9.17, 15) is 0 Å². The molecule has 0 amide bonds. The van der Waals surface area contributed by atoms with Gasteiger partial charge in [0.05, 0.1) is 5.52 Å². The molecule has 2 aromatic rings. The average molecular weight is 240 g/mol. The third kappa shape index (κ3) is 2.34. The van der Waals surface area contributed by atoms with Gasteiger partial charge in [-0.1, -0.05) is 24.3 Å². The molecule has 1 saturated carbocycles. The first-order valence-electron chi connectivity index (χ1n) is 6.79. The highest BCUT2D eigenvalue weighted by molar-refractivity contribution is 5.83. The Morgan fingerprint density at radius 2 is 2.22 bits per heavy atom. The van der Waals surface area contributed by atoms with Crippen molar-refractivity contribution in [2.24, 2.45) is 0 Å². The first-order valence-corrected chi connectivity index (χ1v) is 6.79. The van der Waals surface area contributed by atoms with Crippen molar-refractivity contribution in [2.45, 2.75) is 38.4 Å². The summed E-state index contributed by atoms with van der Waals surface area (Å²) in [5, 5.41) is 4.95. The van der Waals surface area contributed by atoms with Crippen molar-refractivity contribution in [2.75, 3.05) is 0 Å². The fourth-order valence-corrected chi connectivity index (χ4v) is 2.44. The largest absolute Gasteiger partial charge is 0.347 e. The highest BCUT2D eigenvalue weighted by Crippen LogP contribution is 2.23. The maximum Gasteiger partial charge on any atom is 0.0525 e. The van der Waals surface area contributed by atoms with Crippen molar-refractivity contribution in [3.63, 3.8) is 0 Å². The fraction of sp³-hybridized carbons (Fsp3) is 0.375. The topological polar surface area (TPSA) is 17.0 Å². The van der Waals surface area contributed by atoms with Crippen LogP contribution in [0.2, 0.25) is 0 Å². The summed E-state index contributed by atoms with van der Waals surface area (Å²) in [5.41, 5.74) is 2.79. The smallest absolute Gasteiger partial charge is 0.0525 e. The van der Waals surface area contributed by atoms with Gasteiger partial charge in [-0.3, -0.25) is 0 Å². The number of aryl methyl sites for hydroxylation is 1. The zero-order valence-corrected chi connectivity index (χ0v) is 10.7. The maximum absolute atomic E-state index is 3.80. The molecule has 1 fully saturated rings. The van der Waals surface area contributed by atoms with Crippen LogP contribution in [0.5, 0.6) is 0 Å². The first kappa shape index (κ1) is 11.5. The molecule has 1 aliphatic rings. The van der Waals surface area contributed by atoms with Crippen LogP contribution >= 0.6 is 0 Å². The standard InChI is InChI=1S/C16H20N2/c1-2-3-10-18-11-9-13-5-4-6-14(16(13)18)12-17-15-7-8-15/h2,4-6,9,11,15,17H,1,3,7-8,10,12H2. The highest BCUT2D eigenvalue weighted by atomic mass is 15.0. The van der Waals surface area contributed by atoms with Crippen molar-refractivity contribution in [3.8, 4) is 0 Å². The lowest BCUT2D eigenvalue weighted by molar-refractivity contribution is 0.682. The Morgan fingerprint density at radius 3 is 3.00 bits per heavy atom. The van der Waals surface area contributed by atoms with Crippen molar-refractivity contribution in [3.05, 3.63) is 48.7 Å². The van der Waals surface area contributed by atoms with Crippen LogP contribution in [-0.2, 0) is 13.1 Å². The van der Waals surface area contributed by atoms with Crippen LogP contribution in [-0.4, -0.2) is 10.6 Å². The van der Waals surface area contributed by atoms with E-state index in [1.54, 1.807) is 0 Å². The van der Waals surface area contributed by atoms with Crippen LogP contribution in [0.3, 0.4) is 0 Å². The number of aromatic nitrogens is 1. The van der Waals surface area contributed by atoms with E-state index < -0.39 is 0 Å². The fourth-order valence-electron chi connectivity index (χ4n) is 2.44. The average Bonchev–Trinajstić information content (AvgIpc) is 3.13. The van der Waals surface area contributed by atoms with Gasteiger partial charge in [-0.2, -0.15) is 0 Å². The second-order valence-electron chi connectivity index (χ2n) is 5.10. The Labute approximate surface area is 108 Å². The van der Waals surface area contributed by atoms with Crippen molar-refractivity contribution in [1.82, 2.24) is 9.88 Å². The summed E-state index contributed by atoms with van der Waals surface area (Å²) in [6, 6.07) is 9.56. The second-order valence-corrected chi connectivity index (χ2v) is 5.10. The van der Waals surface area contributed by atoms with Gasteiger partial charge in [0, 0.05) is 25.3 Å². The lowest BCUT2D eigenvalue weighted by Gasteiger charge is -2.10. The van der Waals surface area contributed by atoms with E-state index in [0.29, 0.717) is 0 Å². The molecule has 0 spiro atoms. The van der Waals surface area contributed by atoms with E-state index >= 15 is 0 Å². The minimum absolute atomic E-state index is 0.761. The normalized spacial score (nSPS) is 15.1. The van der Waals surface area contributed by atoms with E-state index in [-0.39, 0.29) is 0 Å². The van der Waals surface area contributed by atoms with Crippen LogP contribution in [0.4, 0.5) is 0 Å². The number of rotatable bonds is 6. The van der Waals surface area contributed by atoms with Crippen LogP contribution in [0, 0.1) is 0 Å². The monoisotopic (exact) mass is 240 g/mol. The van der Waals surface area contributed by atoms with Crippen LogP contribution in [0.25, 0.3) is 10.9 Å². The van der Waals surface area contributed by atoms with E-state index in [1.807, 2.05) is 6.08 Å². The number of fused-ring (bicyclic) bond motifs is 1. The summed E-state index contributed by atoms with van der Waals surface area (Å²) in [4.78, 5) is 0. The van der Waals surface area contributed by atoms with E-state index in [4.69, 9.17) is 0 Å². The highest BCUT2D eigenvalue weighted by Gasteiger charge is 2.20. The molecule has 1 aliphatic carbocycles. The zero-order chi connectivity index (χ0) is 12.4. The minimum Gasteiger partial charge on any atom is -0.347 e. The Hall–Kier alpha value is -1.54. The summed E-state index contributed by atoms with van der Waals surface area (Å²) < 4.78 is 2.35. The molecule has 1 heterocycles. The number of hydrogen-bond acceptors (Lipinski definition) is 1. The molecule has 3 rings (SSSR count). The lowest BCUT2D eigenvalue weighted by atomic mass is 10.1. The maximum atomic E-state index is 3.80. The van der Waals surface area contributed by atoms with Gasteiger partial charge in [-0.05, 0) is 36.3 Å². The van der Waals surface area contributed by atoms with Gasteiger partial charge in [-0.15, -0.1) is 6.58 Å². The van der Waals surface area contributed by atoms with Gasteiger partial charge in [0.1, 0.15) is 0 Å². The zero-order valence-electron chi connectivity index (χ0n) is 10.7. The SMILES string of the molecule is C=CCCn1ccc2cccc(CNC3CC3)c21. The summed E-state index contributed by atoms with van der Waals surface area (Å²) in [7, 11) is 0. The first-order chi connectivity index (χ1) is 8.88. The molecule has 1 aromatic heterocycles. The van der Waals surface area contributed by atoms with Crippen molar-refractivity contribution >= 4 is 10.9 Å². The van der Waals surface area contributed by atoms with E-state index in [2.05, 4.69) is 46.9 Å². The molecule has 1 aromatic carbocycles. The number of hydrogen-bond donors (Lipinski definition) is 1. The molecule has 1 N–H and O–H groups in total. The predicted molar refractivity (Wildman–Crippen MR) is 76.6 cm³/mol. The van der Waals surface area contributed by atoms with Crippen LogP contribution < -0.4 is 5.32 Å². The Kier molecular flexibility index (Phi) is 3.20. The van der Waals surface area contributed by atoms with Gasteiger partial charge < -0.3 is 9.88 Å². The van der Waals surface area contributed by atoms with Crippen molar-refractivity contribution in [1.29, 1.82) is 0 Å². The molecule has 2 nitrogen and oxygen atoms in total. The molecule has 0 unspecified atom stereocenters. The van der Waals surface area contributed by atoms with Gasteiger partial charge in [0.2, 0.25) is 0 Å². The number of benzene rings is 1. The number of allylic oxidation sites excluding steroid dienone is 1. The molecular formula is C16H20N2. The van der Waals surface area contributed by atoms with Gasteiger partial charge in [-0.25, -0.2) is 0 Å². The van der Waals surface area contributed by atoms with E-state index in [0.717, 1.165) is 25.6 Å². The molecule has 2 heteroatoms.